The third-order valence-electron chi connectivity index (χ3n) is 3.36. The number of hydrogen-bond acceptors (Lipinski definition) is 3. The molecule has 0 aliphatic rings. The summed E-state index contributed by atoms with van der Waals surface area (Å²) in [6, 6.07) is 10.4. The second kappa shape index (κ2) is 9.95. The third-order valence-corrected chi connectivity index (χ3v) is 4.48. The van der Waals surface area contributed by atoms with Crippen molar-refractivity contribution >= 4 is 41.3 Å². The maximum atomic E-state index is 13.6. The van der Waals surface area contributed by atoms with E-state index in [1.165, 1.54) is 17.4 Å². The van der Waals surface area contributed by atoms with E-state index in [0.717, 1.165) is 4.88 Å². The molecule has 0 radical (unpaired) electrons. The molecule has 1 unspecified atom stereocenters. The molecule has 1 aromatic carbocycles. The topological polar surface area (TPSA) is 56.7 Å². The number of nitrogens with one attached hydrogen (secondary N) is 2. The quantitative estimate of drug-likeness (QED) is 0.350. The lowest BCUT2D eigenvalue weighted by Crippen LogP contribution is -2.44. The van der Waals surface area contributed by atoms with Crippen molar-refractivity contribution < 1.29 is 9.50 Å². The Bertz CT molecular complexity index is 647. The van der Waals surface area contributed by atoms with Crippen LogP contribution in [0.5, 0.6) is 0 Å². The Balaban J connectivity index is 0.00000288. The van der Waals surface area contributed by atoms with E-state index >= 15 is 0 Å². The molecule has 24 heavy (non-hydrogen) atoms. The van der Waals surface area contributed by atoms with Gasteiger partial charge in [-0.15, -0.1) is 35.3 Å². The van der Waals surface area contributed by atoms with Gasteiger partial charge in [0.25, 0.3) is 0 Å². The summed E-state index contributed by atoms with van der Waals surface area (Å²) in [5, 5.41) is 18.7. The monoisotopic (exact) mass is 463 g/mol. The van der Waals surface area contributed by atoms with Gasteiger partial charge in [0.1, 0.15) is 11.4 Å². The Morgan fingerprint density at radius 1 is 1.25 bits per heavy atom. The summed E-state index contributed by atoms with van der Waals surface area (Å²) in [7, 11) is 0. The molecule has 0 bridgehead atoms. The van der Waals surface area contributed by atoms with Crippen LogP contribution in [0.25, 0.3) is 0 Å². The largest absolute Gasteiger partial charge is 0.383 e. The van der Waals surface area contributed by atoms with E-state index in [9.17, 15) is 9.50 Å². The normalized spacial score (nSPS) is 13.8. The lowest BCUT2D eigenvalue weighted by atomic mass is 10.1. The van der Waals surface area contributed by atoms with Gasteiger partial charge in [-0.25, -0.2) is 9.38 Å². The highest BCUT2D eigenvalue weighted by molar-refractivity contribution is 14.0. The van der Waals surface area contributed by atoms with Crippen molar-refractivity contribution in [1.29, 1.82) is 0 Å². The minimum absolute atomic E-state index is 0. The standard InChI is InChI=1S/C17H22FN3OS.HI/c1-3-19-16(20-11-13-7-4-5-8-14(13)18)21-12-17(2,22)15-9-6-10-23-15;/h4-10,22H,3,11-12H2,1-2H3,(H2,19,20,21);1H. The molecule has 4 nitrogen and oxygen atoms in total. The molecule has 0 saturated carbocycles. The van der Waals surface area contributed by atoms with Crippen LogP contribution in [0.3, 0.4) is 0 Å². The second-order valence-corrected chi connectivity index (χ2v) is 6.34. The number of thiophene rings is 1. The molecule has 132 valence electrons. The Labute approximate surface area is 163 Å². The number of hydrogen-bond donors (Lipinski definition) is 3. The van der Waals surface area contributed by atoms with Gasteiger partial charge in [-0.2, -0.15) is 0 Å². The van der Waals surface area contributed by atoms with Crippen molar-refractivity contribution in [2.75, 3.05) is 13.1 Å². The Morgan fingerprint density at radius 3 is 2.62 bits per heavy atom. The average Bonchev–Trinajstić information content (AvgIpc) is 3.07. The highest BCUT2D eigenvalue weighted by Crippen LogP contribution is 2.24. The maximum absolute atomic E-state index is 13.6. The molecule has 0 amide bonds. The first-order valence-corrected chi connectivity index (χ1v) is 8.43. The van der Waals surface area contributed by atoms with E-state index in [1.54, 1.807) is 25.1 Å². The van der Waals surface area contributed by atoms with Gasteiger partial charge in [-0.3, -0.25) is 0 Å². The van der Waals surface area contributed by atoms with Crippen molar-refractivity contribution in [1.82, 2.24) is 10.6 Å². The molecular formula is C17H23FIN3OS. The molecule has 2 aromatic rings. The molecular weight excluding hydrogens is 440 g/mol. The summed E-state index contributed by atoms with van der Waals surface area (Å²) in [6.07, 6.45) is 0. The number of aliphatic hydroxyl groups is 1. The fourth-order valence-corrected chi connectivity index (χ4v) is 2.85. The van der Waals surface area contributed by atoms with Gasteiger partial charge < -0.3 is 15.7 Å². The lowest BCUT2D eigenvalue weighted by molar-refractivity contribution is 0.0655. The third kappa shape index (κ3) is 6.03. The van der Waals surface area contributed by atoms with Gasteiger partial charge in [-0.1, -0.05) is 24.3 Å². The van der Waals surface area contributed by atoms with Crippen LogP contribution in [0.15, 0.2) is 46.8 Å². The van der Waals surface area contributed by atoms with Crippen LogP contribution in [0.4, 0.5) is 4.39 Å². The zero-order valence-electron chi connectivity index (χ0n) is 13.8. The zero-order chi connectivity index (χ0) is 16.7. The Kier molecular flexibility index (Phi) is 8.65. The highest BCUT2D eigenvalue weighted by atomic mass is 127. The molecule has 0 aliphatic carbocycles. The van der Waals surface area contributed by atoms with Crippen LogP contribution in [0, 0.1) is 5.82 Å². The smallest absolute Gasteiger partial charge is 0.191 e. The summed E-state index contributed by atoms with van der Waals surface area (Å²) < 4.78 is 13.6. The van der Waals surface area contributed by atoms with Crippen molar-refractivity contribution in [3.63, 3.8) is 0 Å². The fourth-order valence-electron chi connectivity index (χ4n) is 2.06. The zero-order valence-corrected chi connectivity index (χ0v) is 16.9. The van der Waals surface area contributed by atoms with Gasteiger partial charge in [0.15, 0.2) is 5.96 Å². The summed E-state index contributed by atoms with van der Waals surface area (Å²) in [6.45, 7) is 4.95. The summed E-state index contributed by atoms with van der Waals surface area (Å²) in [5.41, 5.74) is -0.447. The molecule has 1 aromatic heterocycles. The molecule has 0 spiro atoms. The van der Waals surface area contributed by atoms with Crippen LogP contribution in [0.2, 0.25) is 0 Å². The van der Waals surface area contributed by atoms with Gasteiger partial charge in [0, 0.05) is 17.0 Å². The van der Waals surface area contributed by atoms with E-state index in [1.807, 2.05) is 24.4 Å². The van der Waals surface area contributed by atoms with E-state index < -0.39 is 5.60 Å². The van der Waals surface area contributed by atoms with Crippen LogP contribution in [0.1, 0.15) is 24.3 Å². The van der Waals surface area contributed by atoms with E-state index in [-0.39, 0.29) is 36.3 Å². The van der Waals surface area contributed by atoms with E-state index in [2.05, 4.69) is 15.6 Å². The first-order chi connectivity index (χ1) is 11.0. The van der Waals surface area contributed by atoms with Crippen molar-refractivity contribution in [2.45, 2.75) is 26.0 Å². The second-order valence-electron chi connectivity index (χ2n) is 5.39. The molecule has 3 N–H and O–H groups in total. The number of guanidine groups is 1. The van der Waals surface area contributed by atoms with Crippen LogP contribution >= 0.6 is 35.3 Å². The van der Waals surface area contributed by atoms with Crippen LogP contribution in [-0.4, -0.2) is 24.2 Å². The van der Waals surface area contributed by atoms with E-state index in [0.29, 0.717) is 24.6 Å². The molecule has 2 rings (SSSR count). The van der Waals surface area contributed by atoms with Crippen molar-refractivity contribution in [3.05, 3.63) is 58.0 Å². The number of aliphatic imine (C=N–C) groups is 1. The summed E-state index contributed by atoms with van der Waals surface area (Å²) in [4.78, 5) is 5.26. The van der Waals surface area contributed by atoms with Crippen LogP contribution < -0.4 is 10.6 Å². The highest BCUT2D eigenvalue weighted by Gasteiger charge is 2.24. The Hall–Kier alpha value is -1.19. The molecule has 1 heterocycles. The molecule has 0 saturated heterocycles. The SMILES string of the molecule is CCNC(=NCc1ccccc1F)NCC(C)(O)c1cccs1.I. The molecule has 0 aliphatic heterocycles. The van der Waals surface area contributed by atoms with Gasteiger partial charge in [0.05, 0.1) is 13.1 Å². The molecule has 7 heteroatoms. The fraction of sp³-hybridized carbons (Fsp3) is 0.353. The summed E-state index contributed by atoms with van der Waals surface area (Å²) in [5.74, 6) is 0.283. The predicted octanol–water partition coefficient (Wildman–Crippen LogP) is 3.47. The maximum Gasteiger partial charge on any atom is 0.191 e. The molecule has 1 atom stereocenters. The first kappa shape index (κ1) is 20.9. The van der Waals surface area contributed by atoms with Gasteiger partial charge in [-0.05, 0) is 31.4 Å². The minimum Gasteiger partial charge on any atom is -0.383 e. The Morgan fingerprint density at radius 2 is 2.00 bits per heavy atom. The number of benzene rings is 1. The first-order valence-electron chi connectivity index (χ1n) is 7.55. The number of halogens is 2. The predicted molar refractivity (Wildman–Crippen MR) is 109 cm³/mol. The van der Waals surface area contributed by atoms with E-state index in [4.69, 9.17) is 0 Å². The minimum atomic E-state index is -0.984. The van der Waals surface area contributed by atoms with Crippen molar-refractivity contribution in [3.8, 4) is 0 Å². The van der Waals surface area contributed by atoms with Crippen molar-refractivity contribution in [2.24, 2.45) is 4.99 Å². The lowest BCUT2D eigenvalue weighted by Gasteiger charge is -2.23. The number of rotatable bonds is 6. The van der Waals surface area contributed by atoms with Gasteiger partial charge in [0.2, 0.25) is 0 Å². The van der Waals surface area contributed by atoms with Gasteiger partial charge >= 0.3 is 0 Å². The van der Waals surface area contributed by atoms with Crippen LogP contribution in [-0.2, 0) is 12.1 Å². The average molecular weight is 463 g/mol. The molecule has 0 fully saturated rings. The summed E-state index contributed by atoms with van der Waals surface area (Å²) >= 11 is 1.51. The number of nitrogens with zero attached hydrogens (tertiary/aromatic N) is 1.